The fourth-order valence-corrected chi connectivity index (χ4v) is 7.04. The molecule has 2 heterocycles. The third-order valence-corrected chi connectivity index (χ3v) is 9.97. The number of amides is 2. The monoisotopic (exact) mass is 703 g/mol. The molecule has 50 heavy (non-hydrogen) atoms. The molecule has 264 valence electrons. The number of benzene rings is 3. The molecule has 2 atom stereocenters. The number of hydrogen-bond donors (Lipinski definition) is 2. The molecule has 3 aromatic carbocycles. The van der Waals surface area contributed by atoms with E-state index in [1.165, 1.54) is 6.07 Å². The van der Waals surface area contributed by atoms with Gasteiger partial charge in [-0.3, -0.25) is 14.4 Å². The van der Waals surface area contributed by atoms with Crippen LogP contribution in [0.4, 0.5) is 4.39 Å². The van der Waals surface area contributed by atoms with Gasteiger partial charge in [0.15, 0.2) is 0 Å². The zero-order chi connectivity index (χ0) is 35.4. The highest BCUT2D eigenvalue weighted by molar-refractivity contribution is 6.32. The quantitative estimate of drug-likeness (QED) is 0.189. The number of fused-ring (bicyclic) bond motifs is 2. The van der Waals surface area contributed by atoms with Crippen LogP contribution in [0, 0.1) is 19.7 Å². The summed E-state index contributed by atoms with van der Waals surface area (Å²) >= 11 is 6.34. The molecule has 0 spiro atoms. The number of carboxylic acids is 1. The van der Waals surface area contributed by atoms with Crippen LogP contribution in [-0.4, -0.2) is 77.1 Å². The predicted molar refractivity (Wildman–Crippen MR) is 189 cm³/mol. The number of carbonyl (C=O) groups is 3. The van der Waals surface area contributed by atoms with Gasteiger partial charge in [-0.2, -0.15) is 0 Å². The minimum atomic E-state index is -0.933. The average Bonchev–Trinajstić information content (AvgIpc) is 3.93. The lowest BCUT2D eigenvalue weighted by Gasteiger charge is -2.45. The second-order valence-corrected chi connectivity index (χ2v) is 13.8. The van der Waals surface area contributed by atoms with Crippen LogP contribution >= 0.6 is 11.6 Å². The molecule has 9 nitrogen and oxygen atoms in total. The minimum absolute atomic E-state index is 0.0163. The van der Waals surface area contributed by atoms with Gasteiger partial charge in [0, 0.05) is 55.7 Å². The van der Waals surface area contributed by atoms with Crippen molar-refractivity contribution in [3.63, 3.8) is 0 Å². The lowest BCUT2D eigenvalue weighted by Crippen LogP contribution is -2.62. The number of aryl methyl sites for hydroxylation is 2. The maximum atomic E-state index is 14.8. The standard InChI is InChI=1S/C39H43ClFN3O6/c1-24-18-32(40)35(19-25(24)2)50-17-16-49-30-14-10-26(11-15-30)31-20-28-22-43(36(45)8-5-9-37(46)47)23-34(42-28)38(31)39(48)44(29-12-13-29)21-27-6-3-4-7-33(27)41/h3-4,6-7,10-11,14-15,18-19,28-29,34,42H,5,8-9,12-13,16-17,20-23H2,1-2H3,(H,46,47)/t28?,34-/m1/s1. The van der Waals surface area contributed by atoms with Crippen molar-refractivity contribution in [1.29, 1.82) is 0 Å². The molecule has 3 aromatic rings. The maximum Gasteiger partial charge on any atom is 0.303 e. The van der Waals surface area contributed by atoms with Gasteiger partial charge in [0.2, 0.25) is 5.91 Å². The summed E-state index contributed by atoms with van der Waals surface area (Å²) in [5, 5.41) is 13.2. The fourth-order valence-electron chi connectivity index (χ4n) is 6.77. The fraction of sp³-hybridized carbons (Fsp3) is 0.410. The molecule has 3 aliphatic rings. The number of hydrogen-bond acceptors (Lipinski definition) is 6. The third-order valence-electron chi connectivity index (χ3n) is 9.68. The second-order valence-electron chi connectivity index (χ2n) is 13.4. The van der Waals surface area contributed by atoms with Gasteiger partial charge < -0.3 is 29.7 Å². The van der Waals surface area contributed by atoms with E-state index in [-0.39, 0.29) is 62.1 Å². The molecule has 2 bridgehead atoms. The van der Waals surface area contributed by atoms with Gasteiger partial charge in [-0.05, 0) is 92.1 Å². The zero-order valence-corrected chi connectivity index (χ0v) is 29.2. The molecule has 11 heteroatoms. The lowest BCUT2D eigenvalue weighted by molar-refractivity contribution is -0.138. The second kappa shape index (κ2) is 15.6. The number of rotatable bonds is 14. The summed E-state index contributed by atoms with van der Waals surface area (Å²) in [5.41, 5.74) is 5.02. The van der Waals surface area contributed by atoms with Gasteiger partial charge in [0.05, 0.1) is 11.1 Å². The Hall–Kier alpha value is -4.41. The van der Waals surface area contributed by atoms with Gasteiger partial charge >= 0.3 is 5.97 Å². The van der Waals surface area contributed by atoms with Gasteiger partial charge in [-0.25, -0.2) is 4.39 Å². The summed E-state index contributed by atoms with van der Waals surface area (Å²) in [5.74, 6) is -0.292. The van der Waals surface area contributed by atoms with E-state index in [1.54, 1.807) is 28.0 Å². The van der Waals surface area contributed by atoms with Crippen LogP contribution in [0.5, 0.6) is 11.5 Å². The van der Waals surface area contributed by atoms with E-state index in [0.717, 1.165) is 35.1 Å². The smallest absolute Gasteiger partial charge is 0.303 e. The molecule has 0 aromatic heterocycles. The average molecular weight is 704 g/mol. The summed E-state index contributed by atoms with van der Waals surface area (Å²) in [6, 6.07) is 17.5. The van der Waals surface area contributed by atoms with E-state index in [4.69, 9.17) is 26.2 Å². The number of nitrogens with one attached hydrogen (secondary N) is 1. The Morgan fingerprint density at radius 2 is 1.70 bits per heavy atom. The van der Waals surface area contributed by atoms with Crippen molar-refractivity contribution in [2.45, 2.75) is 77.0 Å². The molecule has 2 aliphatic heterocycles. The molecule has 2 amide bonds. The minimum Gasteiger partial charge on any atom is -0.490 e. The summed E-state index contributed by atoms with van der Waals surface area (Å²) in [6.07, 6.45) is 2.54. The molecule has 1 saturated heterocycles. The van der Waals surface area contributed by atoms with E-state index in [0.29, 0.717) is 53.8 Å². The highest BCUT2D eigenvalue weighted by atomic mass is 35.5. The Morgan fingerprint density at radius 1 is 0.980 bits per heavy atom. The summed E-state index contributed by atoms with van der Waals surface area (Å²) in [7, 11) is 0. The van der Waals surface area contributed by atoms with Crippen LogP contribution in [0.25, 0.3) is 5.57 Å². The Bertz CT molecular complexity index is 1780. The van der Waals surface area contributed by atoms with E-state index < -0.39 is 12.0 Å². The predicted octanol–water partition coefficient (Wildman–Crippen LogP) is 6.33. The first kappa shape index (κ1) is 35.4. The van der Waals surface area contributed by atoms with Crippen molar-refractivity contribution in [2.75, 3.05) is 26.3 Å². The van der Waals surface area contributed by atoms with E-state index in [9.17, 15) is 18.8 Å². The van der Waals surface area contributed by atoms with E-state index >= 15 is 0 Å². The molecular weight excluding hydrogens is 661 g/mol. The van der Waals surface area contributed by atoms with Crippen LogP contribution in [0.2, 0.25) is 5.02 Å². The van der Waals surface area contributed by atoms with Gasteiger partial charge in [-0.15, -0.1) is 0 Å². The number of halogens is 2. The van der Waals surface area contributed by atoms with Crippen molar-refractivity contribution in [1.82, 2.24) is 15.1 Å². The molecule has 1 saturated carbocycles. The van der Waals surface area contributed by atoms with Crippen LogP contribution < -0.4 is 14.8 Å². The molecule has 1 unspecified atom stereocenters. The maximum absolute atomic E-state index is 14.8. The lowest BCUT2D eigenvalue weighted by atomic mass is 9.82. The first-order valence-corrected chi connectivity index (χ1v) is 17.6. The Kier molecular flexibility index (Phi) is 11.1. The SMILES string of the molecule is Cc1cc(Cl)c(OCCOc2ccc(C3=C(C(=O)N(Cc4ccccc4F)C4CC4)[C@H]4CN(C(=O)CCCC(=O)O)CC(C3)N4)cc2)cc1C. The van der Waals surface area contributed by atoms with Gasteiger partial charge in [0.25, 0.3) is 5.91 Å². The highest BCUT2D eigenvalue weighted by Crippen LogP contribution is 2.38. The first-order chi connectivity index (χ1) is 24.1. The number of piperazine rings is 1. The van der Waals surface area contributed by atoms with Gasteiger partial charge in [-0.1, -0.05) is 41.9 Å². The molecule has 2 fully saturated rings. The molecule has 6 rings (SSSR count). The number of carbonyl (C=O) groups excluding carboxylic acids is 2. The van der Waals surface area contributed by atoms with Crippen molar-refractivity contribution >= 4 is 35.0 Å². The van der Waals surface area contributed by atoms with Crippen molar-refractivity contribution in [2.24, 2.45) is 0 Å². The topological polar surface area (TPSA) is 108 Å². The van der Waals surface area contributed by atoms with E-state index in [1.807, 2.05) is 50.2 Å². The van der Waals surface area contributed by atoms with Crippen molar-refractivity contribution in [3.8, 4) is 11.5 Å². The summed E-state index contributed by atoms with van der Waals surface area (Å²) in [4.78, 5) is 42.3. The molecule has 1 aliphatic carbocycles. The highest BCUT2D eigenvalue weighted by Gasteiger charge is 2.43. The normalized spacial score (nSPS) is 18.5. The largest absolute Gasteiger partial charge is 0.490 e. The van der Waals surface area contributed by atoms with Crippen molar-refractivity contribution < 1.29 is 33.4 Å². The summed E-state index contributed by atoms with van der Waals surface area (Å²) < 4.78 is 26.6. The zero-order valence-electron chi connectivity index (χ0n) is 28.4. The number of ether oxygens (including phenoxy) is 2. The number of aliphatic carboxylic acids is 1. The Balaban J connectivity index is 1.22. The number of carboxylic acid groups (broad SMARTS) is 1. The van der Waals surface area contributed by atoms with E-state index in [2.05, 4.69) is 5.32 Å². The van der Waals surface area contributed by atoms with Gasteiger partial charge in [0.1, 0.15) is 30.5 Å². The third kappa shape index (κ3) is 8.47. The molecular formula is C39H43ClFN3O6. The molecule has 2 N–H and O–H groups in total. The summed E-state index contributed by atoms with van der Waals surface area (Å²) in [6.45, 7) is 5.54. The number of nitrogens with zero attached hydrogens (tertiary/aromatic N) is 2. The first-order valence-electron chi connectivity index (χ1n) is 17.2. The van der Waals surface area contributed by atoms with Crippen LogP contribution in [0.3, 0.4) is 0 Å². The van der Waals surface area contributed by atoms with Crippen LogP contribution in [0.1, 0.15) is 60.8 Å². The Morgan fingerprint density at radius 3 is 2.42 bits per heavy atom. The Labute approximate surface area is 297 Å². The van der Waals surface area contributed by atoms with Crippen LogP contribution in [0.15, 0.2) is 66.2 Å². The van der Waals surface area contributed by atoms with Crippen LogP contribution in [-0.2, 0) is 20.9 Å². The van der Waals surface area contributed by atoms with Crippen molar-refractivity contribution in [3.05, 3.63) is 99.3 Å². The molecule has 0 radical (unpaired) electrons.